The van der Waals surface area contributed by atoms with Crippen LogP contribution in [0.25, 0.3) is 0 Å². The molecule has 0 N–H and O–H groups in total. The number of hydrogen-bond donors (Lipinski definition) is 0. The summed E-state index contributed by atoms with van der Waals surface area (Å²) in [6.45, 7) is 6.66. The van der Waals surface area contributed by atoms with Gasteiger partial charge < -0.3 is 4.90 Å². The third-order valence-corrected chi connectivity index (χ3v) is 3.72. The summed E-state index contributed by atoms with van der Waals surface area (Å²) < 4.78 is 0. The van der Waals surface area contributed by atoms with E-state index in [9.17, 15) is 0 Å². The second-order valence-corrected chi connectivity index (χ2v) is 4.80. The molecule has 2 unspecified atom stereocenters. The first-order valence-electron chi connectivity index (χ1n) is 6.47. The van der Waals surface area contributed by atoms with E-state index >= 15 is 0 Å². The van der Waals surface area contributed by atoms with Gasteiger partial charge in [-0.1, -0.05) is 19.9 Å². The zero-order valence-electron chi connectivity index (χ0n) is 10.6. The van der Waals surface area contributed by atoms with E-state index in [0.717, 1.165) is 0 Å². The highest BCUT2D eigenvalue weighted by Gasteiger charge is 2.31. The Hall–Kier alpha value is -1.05. The summed E-state index contributed by atoms with van der Waals surface area (Å²) in [4.78, 5) is 7.12. The standard InChI is InChI=1S/C14H22N2/c1-4-12-7-8-13(5-2)16(12)14-9-6-11(3)10-15-14/h6,9-10,12-13H,4-5,7-8H2,1-3H3. The fraction of sp³-hybridized carbons (Fsp3) is 0.643. The van der Waals surface area contributed by atoms with E-state index in [0.29, 0.717) is 12.1 Å². The van der Waals surface area contributed by atoms with Crippen molar-refractivity contribution in [1.82, 2.24) is 4.98 Å². The van der Waals surface area contributed by atoms with Crippen LogP contribution in [-0.2, 0) is 0 Å². The van der Waals surface area contributed by atoms with Crippen LogP contribution in [0.1, 0.15) is 45.1 Å². The van der Waals surface area contributed by atoms with Crippen LogP contribution in [0.4, 0.5) is 5.82 Å². The number of nitrogens with zero attached hydrogens (tertiary/aromatic N) is 2. The molecule has 1 aliphatic rings. The van der Waals surface area contributed by atoms with Crippen molar-refractivity contribution in [2.24, 2.45) is 0 Å². The number of rotatable bonds is 3. The maximum atomic E-state index is 4.58. The Morgan fingerprint density at radius 1 is 1.19 bits per heavy atom. The topological polar surface area (TPSA) is 16.1 Å². The van der Waals surface area contributed by atoms with Gasteiger partial charge in [0.15, 0.2) is 0 Å². The lowest BCUT2D eigenvalue weighted by atomic mass is 10.1. The molecule has 2 heteroatoms. The van der Waals surface area contributed by atoms with Crippen LogP contribution >= 0.6 is 0 Å². The van der Waals surface area contributed by atoms with Gasteiger partial charge in [-0.2, -0.15) is 0 Å². The summed E-state index contributed by atoms with van der Waals surface area (Å²) >= 11 is 0. The lowest BCUT2D eigenvalue weighted by molar-refractivity contribution is 0.592. The van der Waals surface area contributed by atoms with Crippen LogP contribution in [0.2, 0.25) is 0 Å². The van der Waals surface area contributed by atoms with Crippen molar-refractivity contribution in [3.63, 3.8) is 0 Å². The van der Waals surface area contributed by atoms with Crippen molar-refractivity contribution < 1.29 is 0 Å². The van der Waals surface area contributed by atoms with E-state index in [2.05, 4.69) is 42.8 Å². The van der Waals surface area contributed by atoms with Gasteiger partial charge in [-0.05, 0) is 44.2 Å². The molecular formula is C14H22N2. The Bertz CT molecular complexity index is 319. The van der Waals surface area contributed by atoms with E-state index in [4.69, 9.17) is 0 Å². The molecule has 1 fully saturated rings. The monoisotopic (exact) mass is 218 g/mol. The van der Waals surface area contributed by atoms with Gasteiger partial charge in [0.25, 0.3) is 0 Å². The normalized spacial score (nSPS) is 25.1. The van der Waals surface area contributed by atoms with Crippen LogP contribution in [-0.4, -0.2) is 17.1 Å². The highest BCUT2D eigenvalue weighted by atomic mass is 15.3. The van der Waals surface area contributed by atoms with Crippen molar-refractivity contribution in [1.29, 1.82) is 0 Å². The largest absolute Gasteiger partial charge is 0.351 e. The third-order valence-electron chi connectivity index (χ3n) is 3.72. The summed E-state index contributed by atoms with van der Waals surface area (Å²) in [6, 6.07) is 5.73. The molecule has 1 saturated heterocycles. The zero-order chi connectivity index (χ0) is 11.5. The smallest absolute Gasteiger partial charge is 0.128 e. The maximum Gasteiger partial charge on any atom is 0.128 e. The van der Waals surface area contributed by atoms with Gasteiger partial charge in [-0.25, -0.2) is 4.98 Å². The first-order valence-corrected chi connectivity index (χ1v) is 6.47. The molecule has 0 bridgehead atoms. The fourth-order valence-electron chi connectivity index (χ4n) is 2.75. The van der Waals surface area contributed by atoms with Gasteiger partial charge in [-0.3, -0.25) is 0 Å². The van der Waals surface area contributed by atoms with Crippen LogP contribution in [0, 0.1) is 6.92 Å². The molecule has 0 amide bonds. The second-order valence-electron chi connectivity index (χ2n) is 4.80. The van der Waals surface area contributed by atoms with Gasteiger partial charge in [0, 0.05) is 18.3 Å². The van der Waals surface area contributed by atoms with E-state index in [1.54, 1.807) is 0 Å². The molecular weight excluding hydrogens is 196 g/mol. The molecule has 0 radical (unpaired) electrons. The summed E-state index contributed by atoms with van der Waals surface area (Å²) in [5, 5.41) is 0. The molecule has 1 aromatic heterocycles. The van der Waals surface area contributed by atoms with Crippen molar-refractivity contribution >= 4 is 5.82 Å². The molecule has 1 aromatic rings. The molecule has 88 valence electrons. The lowest BCUT2D eigenvalue weighted by Crippen LogP contribution is -2.36. The lowest BCUT2D eigenvalue weighted by Gasteiger charge is -2.30. The molecule has 2 heterocycles. The van der Waals surface area contributed by atoms with E-state index in [1.165, 1.54) is 37.1 Å². The molecule has 0 aliphatic carbocycles. The Labute approximate surface area is 98.7 Å². The van der Waals surface area contributed by atoms with E-state index in [-0.39, 0.29) is 0 Å². The third kappa shape index (κ3) is 2.06. The molecule has 2 nitrogen and oxygen atoms in total. The number of anilines is 1. The minimum absolute atomic E-state index is 0.695. The van der Waals surface area contributed by atoms with Crippen LogP contribution in [0.5, 0.6) is 0 Å². The molecule has 0 saturated carbocycles. The second kappa shape index (κ2) is 4.86. The number of aromatic nitrogens is 1. The summed E-state index contributed by atoms with van der Waals surface area (Å²) in [7, 11) is 0. The van der Waals surface area contributed by atoms with Gasteiger partial charge in [-0.15, -0.1) is 0 Å². The molecule has 0 aromatic carbocycles. The Balaban J connectivity index is 2.24. The average Bonchev–Trinajstić information content (AvgIpc) is 2.73. The molecule has 0 spiro atoms. The predicted octanol–water partition coefficient (Wildman–Crippen LogP) is 3.55. The molecule has 1 aliphatic heterocycles. The molecule has 2 atom stereocenters. The highest BCUT2D eigenvalue weighted by molar-refractivity contribution is 5.43. The quantitative estimate of drug-likeness (QED) is 0.771. The Kier molecular flexibility index (Phi) is 3.47. The van der Waals surface area contributed by atoms with Gasteiger partial charge >= 0.3 is 0 Å². The summed E-state index contributed by atoms with van der Waals surface area (Å²) in [5.74, 6) is 1.17. The first kappa shape index (κ1) is 11.4. The SMILES string of the molecule is CCC1CCC(CC)N1c1ccc(C)cn1. The summed E-state index contributed by atoms with van der Waals surface area (Å²) in [6.07, 6.45) is 7.08. The van der Waals surface area contributed by atoms with Gasteiger partial charge in [0.2, 0.25) is 0 Å². The zero-order valence-corrected chi connectivity index (χ0v) is 10.6. The highest BCUT2D eigenvalue weighted by Crippen LogP contribution is 2.32. The maximum absolute atomic E-state index is 4.58. The predicted molar refractivity (Wildman–Crippen MR) is 68.8 cm³/mol. The van der Waals surface area contributed by atoms with Crippen molar-refractivity contribution in [2.75, 3.05) is 4.90 Å². The van der Waals surface area contributed by atoms with Crippen molar-refractivity contribution in [2.45, 2.75) is 58.5 Å². The van der Waals surface area contributed by atoms with E-state index in [1.807, 2.05) is 6.20 Å². The minimum Gasteiger partial charge on any atom is -0.351 e. The first-order chi connectivity index (χ1) is 7.76. The van der Waals surface area contributed by atoms with Crippen LogP contribution < -0.4 is 4.90 Å². The summed E-state index contributed by atoms with van der Waals surface area (Å²) in [5.41, 5.74) is 1.24. The van der Waals surface area contributed by atoms with E-state index < -0.39 is 0 Å². The van der Waals surface area contributed by atoms with Gasteiger partial charge in [0.05, 0.1) is 0 Å². The van der Waals surface area contributed by atoms with Crippen LogP contribution in [0.3, 0.4) is 0 Å². The van der Waals surface area contributed by atoms with Crippen molar-refractivity contribution in [3.05, 3.63) is 23.9 Å². The fourth-order valence-corrected chi connectivity index (χ4v) is 2.75. The average molecular weight is 218 g/mol. The Morgan fingerprint density at radius 3 is 2.25 bits per heavy atom. The van der Waals surface area contributed by atoms with Crippen LogP contribution in [0.15, 0.2) is 18.3 Å². The number of aryl methyl sites for hydroxylation is 1. The number of pyridine rings is 1. The van der Waals surface area contributed by atoms with Crippen molar-refractivity contribution in [3.8, 4) is 0 Å². The molecule has 2 rings (SSSR count). The number of hydrogen-bond acceptors (Lipinski definition) is 2. The minimum atomic E-state index is 0.695. The van der Waals surface area contributed by atoms with Gasteiger partial charge in [0.1, 0.15) is 5.82 Å². The Morgan fingerprint density at radius 2 is 1.81 bits per heavy atom. The molecule has 16 heavy (non-hydrogen) atoms.